The Morgan fingerprint density at radius 1 is 1.15 bits per heavy atom. The maximum absolute atomic E-state index is 14.7. The highest BCUT2D eigenvalue weighted by Gasteiger charge is 2.41. The predicted octanol–water partition coefficient (Wildman–Crippen LogP) is 5.65. The van der Waals surface area contributed by atoms with E-state index in [1.54, 1.807) is 26.0 Å². The number of aliphatic hydroxyl groups is 1. The molecule has 1 aliphatic heterocycles. The second-order valence-corrected chi connectivity index (χ2v) is 8.32. The lowest BCUT2D eigenvalue weighted by atomic mass is 9.89. The smallest absolute Gasteiger partial charge is 0.272 e. The van der Waals surface area contributed by atoms with E-state index in [9.17, 15) is 27.1 Å². The molecule has 0 bridgehead atoms. The summed E-state index contributed by atoms with van der Waals surface area (Å²) in [5.41, 5.74) is -0.310. The molecule has 1 saturated heterocycles. The molecule has 2 heterocycles. The Morgan fingerprint density at radius 2 is 1.85 bits per heavy atom. The Balaban J connectivity index is 1.77. The topological polar surface area (TPSA) is 63.6 Å². The van der Waals surface area contributed by atoms with E-state index < -0.39 is 42.5 Å². The molecule has 2 aromatic carbocycles. The van der Waals surface area contributed by atoms with Gasteiger partial charge >= 0.3 is 0 Å². The van der Waals surface area contributed by atoms with Crippen LogP contribution in [0.4, 0.5) is 27.6 Å². The van der Waals surface area contributed by atoms with E-state index in [0.29, 0.717) is 22.3 Å². The van der Waals surface area contributed by atoms with E-state index in [0.717, 1.165) is 6.07 Å². The van der Waals surface area contributed by atoms with Gasteiger partial charge in [-0.05, 0) is 26.0 Å². The van der Waals surface area contributed by atoms with Crippen LogP contribution in [0, 0.1) is 12.7 Å². The van der Waals surface area contributed by atoms with Gasteiger partial charge in [0.25, 0.3) is 12.9 Å². The number of benzene rings is 2. The van der Waals surface area contributed by atoms with Gasteiger partial charge in [0, 0.05) is 34.0 Å². The zero-order chi connectivity index (χ0) is 24.6. The van der Waals surface area contributed by atoms with E-state index in [4.69, 9.17) is 9.47 Å². The van der Waals surface area contributed by atoms with Crippen LogP contribution in [-0.2, 0) is 10.3 Å². The molecule has 0 spiro atoms. The zero-order valence-electron chi connectivity index (χ0n) is 18.4. The molecule has 4 rings (SSSR count). The molecule has 2 N–H and O–H groups in total. The number of pyridine rings is 1. The first-order chi connectivity index (χ1) is 16.1. The van der Waals surface area contributed by atoms with Gasteiger partial charge in [-0.2, -0.15) is 0 Å². The average molecular weight is 482 g/mol. The van der Waals surface area contributed by atoms with Gasteiger partial charge < -0.3 is 19.9 Å². The molecule has 1 aliphatic rings. The molecule has 0 aliphatic carbocycles. The highest BCUT2D eigenvalue weighted by molar-refractivity contribution is 5.93. The molecule has 1 fully saturated rings. The lowest BCUT2D eigenvalue weighted by molar-refractivity contribution is -0.185. The fourth-order valence-corrected chi connectivity index (χ4v) is 3.97. The second-order valence-electron chi connectivity index (χ2n) is 8.32. The Morgan fingerprint density at radius 3 is 2.47 bits per heavy atom. The SMILES string of the molecule is Cc1cc(N[C@H](C)c2cccc(C(F)F)c2F)c2cc(C3(O)COC3)c(OCC(F)F)cc2n1. The highest BCUT2D eigenvalue weighted by atomic mass is 19.3. The van der Waals surface area contributed by atoms with Crippen molar-refractivity contribution in [3.8, 4) is 5.75 Å². The lowest BCUT2D eigenvalue weighted by Crippen LogP contribution is -2.46. The van der Waals surface area contributed by atoms with E-state index in [-0.39, 0.29) is 30.1 Å². The van der Waals surface area contributed by atoms with Crippen molar-refractivity contribution in [1.29, 1.82) is 0 Å². The van der Waals surface area contributed by atoms with E-state index in [2.05, 4.69) is 10.3 Å². The maximum Gasteiger partial charge on any atom is 0.272 e. The predicted molar refractivity (Wildman–Crippen MR) is 116 cm³/mol. The van der Waals surface area contributed by atoms with Gasteiger partial charge in [0.15, 0.2) is 0 Å². The monoisotopic (exact) mass is 482 g/mol. The number of aromatic nitrogens is 1. The standard InChI is InChI=1S/C24H23F5N2O3/c1-12-6-18(31-13(2)14-4-3-5-15(22(14)27)23(28)29)16-7-17(24(32)10-33-11-24)20(8-19(16)30-12)34-9-21(25)26/h3-8,13,21,23,32H,9-11H2,1-2H3,(H,30,31)/t13-/m1/s1. The van der Waals surface area contributed by atoms with Crippen LogP contribution in [0.25, 0.3) is 10.9 Å². The number of fused-ring (bicyclic) bond motifs is 1. The molecule has 34 heavy (non-hydrogen) atoms. The summed E-state index contributed by atoms with van der Waals surface area (Å²) < 4.78 is 76.9. The van der Waals surface area contributed by atoms with Crippen LogP contribution >= 0.6 is 0 Å². The molecular weight excluding hydrogens is 459 g/mol. The highest BCUT2D eigenvalue weighted by Crippen LogP contribution is 2.40. The number of ether oxygens (including phenoxy) is 2. The number of rotatable bonds is 8. The van der Waals surface area contributed by atoms with Gasteiger partial charge in [0.05, 0.1) is 30.3 Å². The first kappa shape index (κ1) is 24.2. The van der Waals surface area contributed by atoms with Gasteiger partial charge in [-0.1, -0.05) is 18.2 Å². The third-order valence-corrected chi connectivity index (χ3v) is 5.72. The van der Waals surface area contributed by atoms with Crippen LogP contribution in [0.1, 0.15) is 41.8 Å². The number of aryl methyl sites for hydroxylation is 1. The van der Waals surface area contributed by atoms with Gasteiger partial charge in [0.2, 0.25) is 0 Å². The van der Waals surface area contributed by atoms with Crippen molar-refractivity contribution >= 4 is 16.6 Å². The normalized spacial score (nSPS) is 16.1. The Hall–Kier alpha value is -2.98. The summed E-state index contributed by atoms with van der Waals surface area (Å²) in [4.78, 5) is 4.43. The van der Waals surface area contributed by atoms with Gasteiger partial charge in [-0.15, -0.1) is 0 Å². The van der Waals surface area contributed by atoms with Gasteiger partial charge in [0.1, 0.15) is 23.8 Å². The Bertz CT molecular complexity index is 1200. The van der Waals surface area contributed by atoms with Crippen molar-refractivity contribution < 1.29 is 36.5 Å². The molecule has 0 saturated carbocycles. The first-order valence-corrected chi connectivity index (χ1v) is 10.6. The van der Waals surface area contributed by atoms with Crippen LogP contribution in [-0.4, -0.2) is 36.3 Å². The largest absolute Gasteiger partial charge is 0.487 e. The van der Waals surface area contributed by atoms with Crippen molar-refractivity contribution in [3.05, 3.63) is 64.6 Å². The van der Waals surface area contributed by atoms with Gasteiger partial charge in [-0.25, -0.2) is 22.0 Å². The summed E-state index contributed by atoms with van der Waals surface area (Å²) >= 11 is 0. The molecule has 182 valence electrons. The maximum atomic E-state index is 14.7. The van der Waals surface area contributed by atoms with E-state index in [1.165, 1.54) is 18.2 Å². The molecule has 1 aromatic heterocycles. The summed E-state index contributed by atoms with van der Waals surface area (Å²) in [5, 5.41) is 14.5. The van der Waals surface area contributed by atoms with Crippen LogP contribution < -0.4 is 10.1 Å². The summed E-state index contributed by atoms with van der Waals surface area (Å²) in [6.07, 6.45) is -5.66. The summed E-state index contributed by atoms with van der Waals surface area (Å²) in [7, 11) is 0. The Kier molecular flexibility index (Phi) is 6.64. The number of alkyl halides is 4. The average Bonchev–Trinajstić information content (AvgIpc) is 2.75. The van der Waals surface area contributed by atoms with Crippen LogP contribution in [0.2, 0.25) is 0 Å². The first-order valence-electron chi connectivity index (χ1n) is 10.6. The van der Waals surface area contributed by atoms with Gasteiger partial charge in [-0.3, -0.25) is 4.98 Å². The molecule has 0 amide bonds. The minimum Gasteiger partial charge on any atom is -0.487 e. The molecule has 1 atom stereocenters. The number of nitrogens with zero attached hydrogens (tertiary/aromatic N) is 1. The summed E-state index contributed by atoms with van der Waals surface area (Å²) in [6, 6.07) is 7.86. The van der Waals surface area contributed by atoms with Crippen LogP contribution in [0.5, 0.6) is 5.75 Å². The second kappa shape index (κ2) is 9.34. The van der Waals surface area contributed by atoms with Crippen molar-refractivity contribution in [2.24, 2.45) is 0 Å². The number of halogens is 5. The van der Waals surface area contributed by atoms with Crippen molar-refractivity contribution in [2.45, 2.75) is 38.3 Å². The van der Waals surface area contributed by atoms with Crippen molar-refractivity contribution in [1.82, 2.24) is 4.98 Å². The minimum atomic E-state index is -2.95. The lowest BCUT2D eigenvalue weighted by Gasteiger charge is -2.37. The minimum absolute atomic E-state index is 0.0341. The Labute approximate surface area is 192 Å². The molecule has 5 nitrogen and oxygen atoms in total. The third-order valence-electron chi connectivity index (χ3n) is 5.72. The molecule has 10 heteroatoms. The molecule has 3 aromatic rings. The fourth-order valence-electron chi connectivity index (χ4n) is 3.97. The van der Waals surface area contributed by atoms with E-state index >= 15 is 0 Å². The zero-order valence-corrected chi connectivity index (χ0v) is 18.4. The quantitative estimate of drug-likeness (QED) is 0.406. The number of nitrogens with one attached hydrogen (secondary N) is 1. The fraction of sp³-hybridized carbons (Fsp3) is 0.375. The molecule has 0 radical (unpaired) electrons. The molecule has 0 unspecified atom stereocenters. The van der Waals surface area contributed by atoms with Crippen LogP contribution in [0.3, 0.4) is 0 Å². The van der Waals surface area contributed by atoms with E-state index in [1.807, 2.05) is 0 Å². The number of hydrogen-bond acceptors (Lipinski definition) is 5. The molecular formula is C24H23F5N2O3. The van der Waals surface area contributed by atoms with Crippen LogP contribution in [0.15, 0.2) is 36.4 Å². The third kappa shape index (κ3) is 4.65. The van der Waals surface area contributed by atoms with Crippen molar-refractivity contribution in [2.75, 3.05) is 25.1 Å². The summed E-state index contributed by atoms with van der Waals surface area (Å²) in [6.45, 7) is 2.42. The number of hydrogen-bond donors (Lipinski definition) is 2. The number of anilines is 1. The van der Waals surface area contributed by atoms with Crippen molar-refractivity contribution in [3.63, 3.8) is 0 Å². The summed E-state index contributed by atoms with van der Waals surface area (Å²) in [5.74, 6) is -0.928.